The minimum absolute atomic E-state index is 0.0581. The van der Waals surface area contributed by atoms with Crippen molar-refractivity contribution in [1.82, 2.24) is 9.78 Å². The van der Waals surface area contributed by atoms with Crippen molar-refractivity contribution < 1.29 is 32.4 Å². The Bertz CT molecular complexity index is 848. The molecule has 0 aliphatic heterocycles. The molecule has 0 unspecified atom stereocenters. The summed E-state index contributed by atoms with van der Waals surface area (Å²) in [4.78, 5) is 21.7. The molecule has 0 saturated heterocycles. The first kappa shape index (κ1) is 20.2. The summed E-state index contributed by atoms with van der Waals surface area (Å²) in [6.07, 6.45) is -2.89. The van der Waals surface area contributed by atoms with E-state index in [-0.39, 0.29) is 23.8 Å². The third-order valence-corrected chi connectivity index (χ3v) is 3.36. The SMILES string of the molecule is CCCn1cc(C(=O)OCC)c(Oc2ccc([N+](=O)[O-])c(C(F)(F)F)c2)n1. The predicted molar refractivity (Wildman–Crippen MR) is 86.6 cm³/mol. The molecule has 0 bridgehead atoms. The van der Waals surface area contributed by atoms with E-state index in [1.54, 1.807) is 6.92 Å². The number of carbonyl (C=O) groups excluding carboxylic acids is 1. The zero-order valence-corrected chi connectivity index (χ0v) is 14.4. The van der Waals surface area contributed by atoms with Crippen LogP contribution in [0.2, 0.25) is 0 Å². The molecule has 8 nitrogen and oxygen atoms in total. The van der Waals surface area contributed by atoms with Crippen LogP contribution in [-0.2, 0) is 17.5 Å². The normalized spacial score (nSPS) is 11.3. The lowest BCUT2D eigenvalue weighted by molar-refractivity contribution is -0.388. The Morgan fingerprint density at radius 3 is 2.59 bits per heavy atom. The molecule has 11 heteroatoms. The highest BCUT2D eigenvalue weighted by molar-refractivity contribution is 5.91. The molecule has 0 saturated carbocycles. The van der Waals surface area contributed by atoms with Gasteiger partial charge in [-0.15, -0.1) is 5.10 Å². The van der Waals surface area contributed by atoms with Gasteiger partial charge in [-0.3, -0.25) is 14.8 Å². The molecule has 0 spiro atoms. The Labute approximate surface area is 151 Å². The van der Waals surface area contributed by atoms with E-state index in [1.165, 1.54) is 10.9 Å². The average molecular weight is 387 g/mol. The first-order valence-corrected chi connectivity index (χ1v) is 7.95. The fourth-order valence-electron chi connectivity index (χ4n) is 2.25. The fourth-order valence-corrected chi connectivity index (χ4v) is 2.25. The third kappa shape index (κ3) is 4.74. The third-order valence-electron chi connectivity index (χ3n) is 3.36. The number of esters is 1. The zero-order chi connectivity index (χ0) is 20.2. The van der Waals surface area contributed by atoms with E-state index in [4.69, 9.17) is 9.47 Å². The summed E-state index contributed by atoms with van der Waals surface area (Å²) in [6, 6.07) is 2.18. The van der Waals surface area contributed by atoms with Gasteiger partial charge in [0.25, 0.3) is 11.6 Å². The van der Waals surface area contributed by atoms with Crippen molar-refractivity contribution in [3.05, 3.63) is 45.6 Å². The van der Waals surface area contributed by atoms with Crippen molar-refractivity contribution in [1.29, 1.82) is 0 Å². The van der Waals surface area contributed by atoms with E-state index >= 15 is 0 Å². The molecule has 146 valence electrons. The molecule has 2 aromatic rings. The number of nitro benzene ring substituents is 1. The van der Waals surface area contributed by atoms with Crippen molar-refractivity contribution in [3.8, 4) is 11.6 Å². The molecule has 0 radical (unpaired) electrons. The van der Waals surface area contributed by atoms with Crippen molar-refractivity contribution >= 4 is 11.7 Å². The van der Waals surface area contributed by atoms with E-state index in [2.05, 4.69) is 5.10 Å². The number of hydrogen-bond acceptors (Lipinski definition) is 6. The van der Waals surface area contributed by atoms with Crippen molar-refractivity contribution in [2.24, 2.45) is 0 Å². The van der Waals surface area contributed by atoms with Gasteiger partial charge >= 0.3 is 12.1 Å². The van der Waals surface area contributed by atoms with Crippen LogP contribution in [0.25, 0.3) is 0 Å². The number of carbonyl (C=O) groups is 1. The Hall–Kier alpha value is -3.11. The number of aromatic nitrogens is 2. The summed E-state index contributed by atoms with van der Waals surface area (Å²) in [5.74, 6) is -1.34. The Morgan fingerprint density at radius 1 is 1.33 bits per heavy atom. The van der Waals surface area contributed by atoms with E-state index < -0.39 is 28.3 Å². The minimum atomic E-state index is -4.95. The van der Waals surface area contributed by atoms with E-state index in [1.807, 2.05) is 6.92 Å². The first-order valence-electron chi connectivity index (χ1n) is 7.95. The molecule has 0 atom stereocenters. The largest absolute Gasteiger partial charge is 0.462 e. The Balaban J connectivity index is 2.44. The molecule has 0 aliphatic rings. The van der Waals surface area contributed by atoms with Gasteiger partial charge in [0.2, 0.25) is 0 Å². The van der Waals surface area contributed by atoms with Gasteiger partial charge in [-0.25, -0.2) is 4.79 Å². The second-order valence-electron chi connectivity index (χ2n) is 5.37. The number of nitrogens with zero attached hydrogens (tertiary/aromatic N) is 3. The molecule has 0 amide bonds. The average Bonchev–Trinajstić information content (AvgIpc) is 2.97. The van der Waals surface area contributed by atoms with Crippen LogP contribution in [0, 0.1) is 10.1 Å². The Morgan fingerprint density at radius 2 is 2.04 bits per heavy atom. The van der Waals surface area contributed by atoms with E-state index in [0.717, 1.165) is 6.07 Å². The van der Waals surface area contributed by atoms with Crippen LogP contribution in [0.4, 0.5) is 18.9 Å². The molecule has 1 heterocycles. The van der Waals surface area contributed by atoms with Gasteiger partial charge in [0, 0.05) is 24.9 Å². The van der Waals surface area contributed by atoms with Crippen LogP contribution in [0.3, 0.4) is 0 Å². The second kappa shape index (κ2) is 8.06. The van der Waals surface area contributed by atoms with Gasteiger partial charge in [0.1, 0.15) is 16.9 Å². The van der Waals surface area contributed by atoms with Crippen molar-refractivity contribution in [3.63, 3.8) is 0 Å². The lowest BCUT2D eigenvalue weighted by atomic mass is 10.1. The number of hydrogen-bond donors (Lipinski definition) is 0. The number of rotatable bonds is 7. The first-order chi connectivity index (χ1) is 12.7. The number of alkyl halides is 3. The van der Waals surface area contributed by atoms with Gasteiger partial charge in [-0.05, 0) is 19.4 Å². The maximum atomic E-state index is 13.1. The number of aryl methyl sites for hydroxylation is 1. The maximum absolute atomic E-state index is 13.1. The van der Waals surface area contributed by atoms with Gasteiger partial charge in [0.15, 0.2) is 0 Å². The lowest BCUT2D eigenvalue weighted by Crippen LogP contribution is -2.09. The smallest absolute Gasteiger partial charge is 0.423 e. The molecule has 0 N–H and O–H groups in total. The number of benzene rings is 1. The van der Waals surface area contributed by atoms with Gasteiger partial charge in [0.05, 0.1) is 11.5 Å². The second-order valence-corrected chi connectivity index (χ2v) is 5.37. The number of halogens is 3. The quantitative estimate of drug-likeness (QED) is 0.402. The monoisotopic (exact) mass is 387 g/mol. The van der Waals surface area contributed by atoms with Gasteiger partial charge in [-0.1, -0.05) is 6.92 Å². The molecule has 0 aliphatic carbocycles. The molecular formula is C16H16F3N3O5. The molecule has 1 aromatic carbocycles. The fraction of sp³-hybridized carbons (Fsp3) is 0.375. The summed E-state index contributed by atoms with van der Waals surface area (Å²) in [6.45, 7) is 4.01. The summed E-state index contributed by atoms with van der Waals surface area (Å²) in [5.41, 5.74) is -2.62. The minimum Gasteiger partial charge on any atom is -0.462 e. The zero-order valence-electron chi connectivity index (χ0n) is 14.4. The van der Waals surface area contributed by atoms with E-state index in [0.29, 0.717) is 25.1 Å². The highest BCUT2D eigenvalue weighted by atomic mass is 19.4. The van der Waals surface area contributed by atoms with Crippen LogP contribution in [0.5, 0.6) is 11.6 Å². The summed E-state index contributed by atoms with van der Waals surface area (Å²) >= 11 is 0. The number of ether oxygens (including phenoxy) is 2. The summed E-state index contributed by atoms with van der Waals surface area (Å²) in [7, 11) is 0. The predicted octanol–water partition coefficient (Wildman–Crippen LogP) is 4.19. The molecule has 0 fully saturated rings. The molecule has 2 rings (SSSR count). The van der Waals surface area contributed by atoms with Crippen LogP contribution >= 0.6 is 0 Å². The highest BCUT2D eigenvalue weighted by Gasteiger charge is 2.38. The van der Waals surface area contributed by atoms with E-state index in [9.17, 15) is 28.1 Å². The van der Waals surface area contributed by atoms with Gasteiger partial charge < -0.3 is 9.47 Å². The van der Waals surface area contributed by atoms with Crippen LogP contribution in [-0.4, -0.2) is 27.3 Å². The Kier molecular flexibility index (Phi) is 6.03. The summed E-state index contributed by atoms with van der Waals surface area (Å²) in [5, 5.41) is 14.8. The summed E-state index contributed by atoms with van der Waals surface area (Å²) < 4.78 is 50.9. The lowest BCUT2D eigenvalue weighted by Gasteiger charge is -2.10. The highest BCUT2D eigenvalue weighted by Crippen LogP contribution is 2.39. The molecular weight excluding hydrogens is 371 g/mol. The maximum Gasteiger partial charge on any atom is 0.423 e. The van der Waals surface area contributed by atoms with Crippen molar-refractivity contribution in [2.75, 3.05) is 6.61 Å². The molecule has 27 heavy (non-hydrogen) atoms. The standard InChI is InChI=1S/C16H16F3N3O5/c1-3-7-21-9-11(15(23)26-4-2)14(20-21)27-10-5-6-13(22(24)25)12(8-10)16(17,18)19/h5-6,8-9H,3-4,7H2,1-2H3. The van der Waals surface area contributed by atoms with Crippen LogP contribution < -0.4 is 4.74 Å². The topological polar surface area (TPSA) is 96.5 Å². The molecule has 1 aromatic heterocycles. The van der Waals surface area contributed by atoms with Crippen molar-refractivity contribution in [2.45, 2.75) is 33.0 Å². The van der Waals surface area contributed by atoms with Crippen LogP contribution in [0.1, 0.15) is 36.2 Å². The number of nitro groups is 1. The van der Waals surface area contributed by atoms with Gasteiger partial charge in [-0.2, -0.15) is 13.2 Å². The van der Waals surface area contributed by atoms with Crippen LogP contribution in [0.15, 0.2) is 24.4 Å².